The first-order valence-electron chi connectivity index (χ1n) is 12.2. The number of carbonyl (C=O) groups is 1. The van der Waals surface area contributed by atoms with Crippen LogP contribution >= 0.6 is 0 Å². The van der Waals surface area contributed by atoms with Gasteiger partial charge in [-0.05, 0) is 42.8 Å². The maximum Gasteiger partial charge on any atom is 0.262 e. The maximum atomic E-state index is 14.0. The first-order chi connectivity index (χ1) is 18.1. The molecule has 7 nitrogen and oxygen atoms in total. The van der Waals surface area contributed by atoms with Crippen LogP contribution in [-0.4, -0.2) is 36.2 Å². The van der Waals surface area contributed by atoms with E-state index >= 15 is 0 Å². The molecule has 0 radical (unpaired) electrons. The van der Waals surface area contributed by atoms with Crippen molar-refractivity contribution in [1.82, 2.24) is 9.13 Å². The maximum absolute atomic E-state index is 14.0. The van der Waals surface area contributed by atoms with Gasteiger partial charge in [0.1, 0.15) is 5.75 Å². The lowest BCUT2D eigenvalue weighted by Crippen LogP contribution is -2.24. The minimum Gasteiger partial charge on any atom is -0.497 e. The Kier molecular flexibility index (Phi) is 5.48. The van der Waals surface area contributed by atoms with Gasteiger partial charge in [-0.2, -0.15) is 0 Å². The summed E-state index contributed by atoms with van der Waals surface area (Å²) in [5.41, 5.74) is 3.51. The van der Waals surface area contributed by atoms with Crippen molar-refractivity contribution < 1.29 is 19.0 Å². The monoisotopic (exact) mass is 494 g/mol. The molecule has 6 rings (SSSR count). The summed E-state index contributed by atoms with van der Waals surface area (Å²) < 4.78 is 20.3. The zero-order valence-corrected chi connectivity index (χ0v) is 20.9. The molecule has 1 aliphatic carbocycles. The number of aryl methyl sites for hydroxylation is 1. The van der Waals surface area contributed by atoms with Gasteiger partial charge in [0.15, 0.2) is 17.3 Å². The summed E-state index contributed by atoms with van der Waals surface area (Å²) in [5, 5.41) is 2.04. The van der Waals surface area contributed by atoms with Crippen molar-refractivity contribution in [2.45, 2.75) is 19.5 Å². The van der Waals surface area contributed by atoms with E-state index < -0.39 is 0 Å². The highest BCUT2D eigenvalue weighted by molar-refractivity contribution is 6.27. The predicted octanol–water partition coefficient (Wildman–Crippen LogP) is 5.28. The van der Waals surface area contributed by atoms with Crippen LogP contribution in [-0.2, 0) is 13.1 Å². The molecule has 0 aliphatic heterocycles. The van der Waals surface area contributed by atoms with Crippen molar-refractivity contribution in [1.29, 1.82) is 0 Å². The van der Waals surface area contributed by atoms with E-state index in [9.17, 15) is 9.59 Å². The van der Waals surface area contributed by atoms with Crippen molar-refractivity contribution in [2.75, 3.05) is 21.3 Å². The van der Waals surface area contributed by atoms with Crippen molar-refractivity contribution in [2.24, 2.45) is 0 Å². The number of hydrogen-bond acceptors (Lipinski definition) is 5. The van der Waals surface area contributed by atoms with Crippen LogP contribution in [0.15, 0.2) is 71.7 Å². The Morgan fingerprint density at radius 1 is 0.811 bits per heavy atom. The Morgan fingerprint density at radius 2 is 1.62 bits per heavy atom. The highest BCUT2D eigenvalue weighted by atomic mass is 16.5. The van der Waals surface area contributed by atoms with Gasteiger partial charge in [0.25, 0.3) is 5.56 Å². The summed E-state index contributed by atoms with van der Waals surface area (Å²) >= 11 is 0. The van der Waals surface area contributed by atoms with E-state index in [1.807, 2.05) is 48.7 Å². The highest BCUT2D eigenvalue weighted by Crippen LogP contribution is 2.43. The molecular weight excluding hydrogens is 468 g/mol. The van der Waals surface area contributed by atoms with Crippen molar-refractivity contribution in [3.63, 3.8) is 0 Å². The number of fused-ring (bicyclic) bond motifs is 6. The van der Waals surface area contributed by atoms with Gasteiger partial charge in [-0.3, -0.25) is 9.59 Å². The number of rotatable bonds is 7. The molecule has 2 aromatic heterocycles. The molecule has 3 aromatic carbocycles. The van der Waals surface area contributed by atoms with Gasteiger partial charge >= 0.3 is 0 Å². The number of benzene rings is 3. The molecule has 0 fully saturated rings. The normalized spacial score (nSPS) is 12.1. The first kappa shape index (κ1) is 22.9. The Balaban J connectivity index is 1.47. The zero-order valence-electron chi connectivity index (χ0n) is 20.9. The third-order valence-corrected chi connectivity index (χ3v) is 7.19. The number of hydrogen-bond donors (Lipinski definition) is 0. The number of ether oxygens (including phenoxy) is 3. The second-order valence-corrected chi connectivity index (χ2v) is 9.07. The van der Waals surface area contributed by atoms with Crippen LogP contribution in [0.4, 0.5) is 0 Å². The summed E-state index contributed by atoms with van der Waals surface area (Å²) in [6.07, 6.45) is 2.74. The largest absolute Gasteiger partial charge is 0.497 e. The molecule has 2 heterocycles. The number of carbonyl (C=O) groups excluding carboxylic acids is 1. The molecule has 37 heavy (non-hydrogen) atoms. The van der Waals surface area contributed by atoms with Gasteiger partial charge in [0, 0.05) is 46.7 Å². The van der Waals surface area contributed by atoms with Gasteiger partial charge in [0.05, 0.1) is 38.0 Å². The number of ketones is 1. The van der Waals surface area contributed by atoms with Crippen LogP contribution in [0.25, 0.3) is 32.9 Å². The Morgan fingerprint density at radius 3 is 2.38 bits per heavy atom. The molecule has 186 valence electrons. The Bertz CT molecular complexity index is 1760. The summed E-state index contributed by atoms with van der Waals surface area (Å²) in [6, 6.07) is 19.1. The van der Waals surface area contributed by atoms with Crippen molar-refractivity contribution in [3.8, 4) is 28.5 Å². The Hall–Kier alpha value is -4.52. The van der Waals surface area contributed by atoms with Gasteiger partial charge < -0.3 is 23.3 Å². The lowest BCUT2D eigenvalue weighted by molar-refractivity contribution is 0.104. The lowest BCUT2D eigenvalue weighted by atomic mass is 10.0. The molecule has 7 heteroatoms. The van der Waals surface area contributed by atoms with Crippen molar-refractivity contribution >= 4 is 27.5 Å². The number of nitrogens with zero attached hydrogens (tertiary/aromatic N) is 2. The summed E-state index contributed by atoms with van der Waals surface area (Å²) in [6.45, 7) is 1.15. The fourth-order valence-electron chi connectivity index (χ4n) is 5.49. The molecule has 1 aliphatic rings. The van der Waals surface area contributed by atoms with Gasteiger partial charge in [-0.25, -0.2) is 0 Å². The van der Waals surface area contributed by atoms with Gasteiger partial charge in [0.2, 0.25) is 0 Å². The smallest absolute Gasteiger partial charge is 0.262 e. The van der Waals surface area contributed by atoms with Gasteiger partial charge in [-0.15, -0.1) is 0 Å². The summed E-state index contributed by atoms with van der Waals surface area (Å²) in [7, 11) is 4.70. The number of aromatic nitrogens is 2. The third-order valence-electron chi connectivity index (χ3n) is 7.19. The summed E-state index contributed by atoms with van der Waals surface area (Å²) in [4.78, 5) is 27.6. The zero-order chi connectivity index (χ0) is 25.7. The van der Waals surface area contributed by atoms with Crippen LogP contribution in [0.5, 0.6) is 17.2 Å². The topological polar surface area (TPSA) is 71.7 Å². The minimum absolute atomic E-state index is 0.0816. The molecule has 5 aromatic rings. The lowest BCUT2D eigenvalue weighted by Gasteiger charge is -2.18. The van der Waals surface area contributed by atoms with E-state index in [1.54, 1.807) is 23.8 Å². The second kappa shape index (κ2) is 8.85. The third kappa shape index (κ3) is 3.42. The van der Waals surface area contributed by atoms with E-state index in [4.69, 9.17) is 14.2 Å². The molecule has 0 bridgehead atoms. The van der Waals surface area contributed by atoms with Crippen LogP contribution in [0.1, 0.15) is 22.3 Å². The van der Waals surface area contributed by atoms with E-state index in [2.05, 4.69) is 10.6 Å². The molecule has 0 spiro atoms. The number of methoxy groups -OCH3 is 3. The number of pyridine rings is 1. The second-order valence-electron chi connectivity index (χ2n) is 9.07. The van der Waals surface area contributed by atoms with E-state index in [1.165, 1.54) is 14.2 Å². The Labute approximate surface area is 213 Å². The first-order valence-corrected chi connectivity index (χ1v) is 12.2. The average molecular weight is 495 g/mol. The molecule has 0 N–H and O–H groups in total. The van der Waals surface area contributed by atoms with Crippen LogP contribution in [0.2, 0.25) is 0 Å². The SMILES string of the molecule is COc1ccc2c(ccn2CCCn2c3c(c4ccc(OC)c(OC)c4c2=O)C(=O)c2ccccc2-3)c1. The van der Waals surface area contributed by atoms with E-state index in [0.29, 0.717) is 58.6 Å². The molecule has 0 saturated carbocycles. The van der Waals surface area contributed by atoms with Crippen LogP contribution in [0.3, 0.4) is 0 Å². The minimum atomic E-state index is -0.198. The molecule has 0 unspecified atom stereocenters. The van der Waals surface area contributed by atoms with E-state index in [0.717, 1.165) is 22.2 Å². The summed E-state index contributed by atoms with van der Waals surface area (Å²) in [5.74, 6) is 1.53. The van der Waals surface area contributed by atoms with Crippen LogP contribution in [0, 0.1) is 0 Å². The van der Waals surface area contributed by atoms with Crippen molar-refractivity contribution in [3.05, 3.63) is 88.3 Å². The fourth-order valence-corrected chi connectivity index (χ4v) is 5.49. The fraction of sp³-hybridized carbons (Fsp3) is 0.200. The molecule has 0 amide bonds. The molecule has 0 atom stereocenters. The van der Waals surface area contributed by atoms with Crippen LogP contribution < -0.4 is 19.8 Å². The quantitative estimate of drug-likeness (QED) is 0.302. The predicted molar refractivity (Wildman–Crippen MR) is 143 cm³/mol. The molecular formula is C30H26N2O5. The molecule has 0 saturated heterocycles. The average Bonchev–Trinajstić information content (AvgIpc) is 3.47. The standard InChI is InChI=1S/C30H26N2O5/c1-35-19-9-11-23-18(17-19)13-16-31(23)14-6-15-32-27-20-7-4-5-8-21(20)28(33)25(27)22-10-12-24(36-2)29(37-3)26(22)30(32)34/h4-5,7-13,16-17H,6,14-15H2,1-3H3. The highest BCUT2D eigenvalue weighted by Gasteiger charge is 2.33. The van der Waals surface area contributed by atoms with Gasteiger partial charge in [-0.1, -0.05) is 24.3 Å². The van der Waals surface area contributed by atoms with E-state index in [-0.39, 0.29) is 11.3 Å².